The fourth-order valence-electron chi connectivity index (χ4n) is 1.95. The summed E-state index contributed by atoms with van der Waals surface area (Å²) in [6, 6.07) is 12.4. The van der Waals surface area contributed by atoms with Gasteiger partial charge >= 0.3 is 5.97 Å². The molecule has 0 saturated carbocycles. The number of hydrogen-bond acceptors (Lipinski definition) is 5. The number of halogens is 1. The minimum absolute atomic E-state index is 0.305. The van der Waals surface area contributed by atoms with Crippen molar-refractivity contribution in [1.29, 1.82) is 0 Å². The van der Waals surface area contributed by atoms with E-state index in [1.54, 1.807) is 36.4 Å². The lowest BCUT2D eigenvalue weighted by Gasteiger charge is -2.09. The Balaban J connectivity index is 1.75. The van der Waals surface area contributed by atoms with E-state index in [0.717, 1.165) is 6.42 Å². The van der Waals surface area contributed by atoms with Crippen LogP contribution in [-0.4, -0.2) is 31.0 Å². The molecule has 2 amide bonds. The average molecular weight is 391 g/mol. The normalized spacial score (nSPS) is 10.0. The molecule has 0 heterocycles. The van der Waals surface area contributed by atoms with Crippen LogP contribution in [0.1, 0.15) is 34.1 Å². The number of nitrogens with one attached hydrogen (secondary N) is 2. The molecule has 0 fully saturated rings. The van der Waals surface area contributed by atoms with E-state index in [9.17, 15) is 14.4 Å². The van der Waals surface area contributed by atoms with E-state index in [-0.39, 0.29) is 6.61 Å². The van der Waals surface area contributed by atoms with Gasteiger partial charge in [0.1, 0.15) is 5.75 Å². The van der Waals surface area contributed by atoms with E-state index in [0.29, 0.717) is 28.5 Å². The van der Waals surface area contributed by atoms with Gasteiger partial charge in [0.15, 0.2) is 6.61 Å². The van der Waals surface area contributed by atoms with Gasteiger partial charge in [0, 0.05) is 10.6 Å². The number of esters is 1. The van der Waals surface area contributed by atoms with Crippen molar-refractivity contribution in [1.82, 2.24) is 10.9 Å². The molecule has 0 radical (unpaired) electrons. The monoisotopic (exact) mass is 390 g/mol. The number of carbonyl (C=O) groups is 3. The molecule has 0 atom stereocenters. The fraction of sp³-hybridized carbons (Fsp3) is 0.211. The van der Waals surface area contributed by atoms with Crippen molar-refractivity contribution in [2.24, 2.45) is 0 Å². The molecule has 0 aliphatic heterocycles. The Morgan fingerprint density at radius 2 is 1.56 bits per heavy atom. The summed E-state index contributed by atoms with van der Waals surface area (Å²) in [4.78, 5) is 35.3. The lowest BCUT2D eigenvalue weighted by molar-refractivity contribution is -0.123. The van der Waals surface area contributed by atoms with E-state index in [1.165, 1.54) is 12.1 Å². The summed E-state index contributed by atoms with van der Waals surface area (Å²) in [7, 11) is 0. The second-order valence-corrected chi connectivity index (χ2v) is 5.89. The van der Waals surface area contributed by atoms with Crippen molar-refractivity contribution in [3.05, 3.63) is 64.7 Å². The van der Waals surface area contributed by atoms with Gasteiger partial charge in [-0.1, -0.05) is 18.5 Å². The van der Waals surface area contributed by atoms with Gasteiger partial charge < -0.3 is 9.47 Å². The van der Waals surface area contributed by atoms with Crippen LogP contribution in [0.3, 0.4) is 0 Å². The van der Waals surface area contributed by atoms with Crippen LogP contribution in [0.2, 0.25) is 5.02 Å². The number of hydrazine groups is 1. The first-order valence-corrected chi connectivity index (χ1v) is 8.62. The Morgan fingerprint density at radius 1 is 0.926 bits per heavy atom. The van der Waals surface area contributed by atoms with Crippen molar-refractivity contribution < 1.29 is 23.9 Å². The van der Waals surface area contributed by atoms with Gasteiger partial charge in [0.05, 0.1) is 12.2 Å². The Hall–Kier alpha value is -3.06. The molecule has 2 aromatic carbocycles. The third-order valence-corrected chi connectivity index (χ3v) is 3.57. The first kappa shape index (κ1) is 20.3. The predicted molar refractivity (Wildman–Crippen MR) is 99.6 cm³/mol. The van der Waals surface area contributed by atoms with Gasteiger partial charge in [0.2, 0.25) is 0 Å². The van der Waals surface area contributed by atoms with Crippen LogP contribution in [0.15, 0.2) is 48.5 Å². The fourth-order valence-corrected chi connectivity index (χ4v) is 2.08. The van der Waals surface area contributed by atoms with Crippen LogP contribution < -0.4 is 15.6 Å². The highest BCUT2D eigenvalue weighted by Crippen LogP contribution is 2.13. The molecule has 0 spiro atoms. The van der Waals surface area contributed by atoms with Crippen molar-refractivity contribution in [2.75, 3.05) is 13.2 Å². The maximum absolute atomic E-state index is 11.9. The van der Waals surface area contributed by atoms with Crippen molar-refractivity contribution in [2.45, 2.75) is 13.3 Å². The number of hydrogen-bond donors (Lipinski definition) is 2. The first-order valence-electron chi connectivity index (χ1n) is 8.24. The quantitative estimate of drug-likeness (QED) is 0.560. The highest BCUT2D eigenvalue weighted by molar-refractivity contribution is 6.30. The molecule has 8 heteroatoms. The zero-order valence-electron chi connectivity index (χ0n) is 14.7. The van der Waals surface area contributed by atoms with Gasteiger partial charge in [-0.25, -0.2) is 4.79 Å². The molecule has 0 bridgehead atoms. The third kappa shape index (κ3) is 6.63. The number of amides is 2. The Labute approximate surface area is 161 Å². The first-order chi connectivity index (χ1) is 13.0. The summed E-state index contributed by atoms with van der Waals surface area (Å²) in [5.41, 5.74) is 5.27. The molecule has 2 aromatic rings. The van der Waals surface area contributed by atoms with E-state index >= 15 is 0 Å². The minimum Gasteiger partial charge on any atom is -0.484 e. The highest BCUT2D eigenvalue weighted by Gasteiger charge is 2.09. The van der Waals surface area contributed by atoms with Crippen molar-refractivity contribution in [3.8, 4) is 5.75 Å². The SMILES string of the molecule is CCCOC(=O)c1ccc(OCC(=O)NNC(=O)c2ccc(Cl)cc2)cc1. The summed E-state index contributed by atoms with van der Waals surface area (Å²) in [6.07, 6.45) is 0.747. The predicted octanol–water partition coefficient (Wildman–Crippen LogP) is 2.75. The molecule has 7 nitrogen and oxygen atoms in total. The number of carbonyl (C=O) groups excluding carboxylic acids is 3. The third-order valence-electron chi connectivity index (χ3n) is 3.32. The summed E-state index contributed by atoms with van der Waals surface area (Å²) in [5, 5.41) is 0.508. The van der Waals surface area contributed by atoms with Gasteiger partial charge in [0.25, 0.3) is 11.8 Å². The molecule has 0 unspecified atom stereocenters. The molecule has 2 N–H and O–H groups in total. The van der Waals surface area contributed by atoms with E-state index in [4.69, 9.17) is 21.1 Å². The van der Waals surface area contributed by atoms with Gasteiger partial charge in [-0.2, -0.15) is 0 Å². The summed E-state index contributed by atoms with van der Waals surface area (Å²) in [5.74, 6) is -1.02. The molecule has 0 saturated heterocycles. The van der Waals surface area contributed by atoms with E-state index in [1.807, 2.05) is 6.92 Å². The summed E-state index contributed by atoms with van der Waals surface area (Å²) >= 11 is 5.75. The zero-order valence-corrected chi connectivity index (χ0v) is 15.4. The van der Waals surface area contributed by atoms with E-state index in [2.05, 4.69) is 10.9 Å². The van der Waals surface area contributed by atoms with Crippen molar-refractivity contribution >= 4 is 29.4 Å². The molecule has 2 rings (SSSR count). The van der Waals surface area contributed by atoms with Gasteiger partial charge in [-0.05, 0) is 55.0 Å². The zero-order chi connectivity index (χ0) is 19.6. The van der Waals surface area contributed by atoms with Gasteiger partial charge in [-0.3, -0.25) is 20.4 Å². The van der Waals surface area contributed by atoms with Crippen LogP contribution in [0.5, 0.6) is 5.75 Å². The maximum Gasteiger partial charge on any atom is 0.338 e. The van der Waals surface area contributed by atoms with Crippen LogP contribution in [0.25, 0.3) is 0 Å². The number of ether oxygens (including phenoxy) is 2. The number of rotatable bonds is 7. The van der Waals surface area contributed by atoms with Crippen LogP contribution >= 0.6 is 11.6 Å². The summed E-state index contributed by atoms with van der Waals surface area (Å²) < 4.78 is 10.3. The summed E-state index contributed by atoms with van der Waals surface area (Å²) in [6.45, 7) is 1.96. The molecular formula is C19H19ClN2O5. The van der Waals surface area contributed by atoms with Crippen LogP contribution in [0.4, 0.5) is 0 Å². The van der Waals surface area contributed by atoms with E-state index < -0.39 is 17.8 Å². The smallest absolute Gasteiger partial charge is 0.338 e. The average Bonchev–Trinajstić information content (AvgIpc) is 2.69. The lowest BCUT2D eigenvalue weighted by Crippen LogP contribution is -2.43. The Kier molecular flexibility index (Phi) is 7.63. The second-order valence-electron chi connectivity index (χ2n) is 5.46. The standard InChI is InChI=1S/C19H19ClN2O5/c1-2-11-26-19(25)14-5-9-16(10-6-14)27-12-17(23)21-22-18(24)13-3-7-15(20)8-4-13/h3-10H,2,11-12H2,1H3,(H,21,23)(H,22,24). The van der Waals surface area contributed by atoms with Crippen LogP contribution in [-0.2, 0) is 9.53 Å². The lowest BCUT2D eigenvalue weighted by atomic mass is 10.2. The largest absolute Gasteiger partial charge is 0.484 e. The Bertz CT molecular complexity index is 791. The molecule has 0 aromatic heterocycles. The molecule has 0 aliphatic carbocycles. The topological polar surface area (TPSA) is 93.7 Å². The molecular weight excluding hydrogens is 372 g/mol. The Morgan fingerprint density at radius 3 is 2.19 bits per heavy atom. The van der Waals surface area contributed by atoms with Gasteiger partial charge in [-0.15, -0.1) is 0 Å². The number of benzene rings is 2. The van der Waals surface area contributed by atoms with Crippen molar-refractivity contribution in [3.63, 3.8) is 0 Å². The molecule has 27 heavy (non-hydrogen) atoms. The van der Waals surface area contributed by atoms with Crippen LogP contribution in [0, 0.1) is 0 Å². The molecule has 0 aliphatic rings. The second kappa shape index (κ2) is 10.2. The molecule has 142 valence electrons. The maximum atomic E-state index is 11.9. The highest BCUT2D eigenvalue weighted by atomic mass is 35.5. The minimum atomic E-state index is -0.538.